The van der Waals surface area contributed by atoms with Gasteiger partial charge in [-0.3, -0.25) is 9.58 Å². The van der Waals surface area contributed by atoms with Crippen molar-refractivity contribution in [2.75, 3.05) is 20.1 Å². The van der Waals surface area contributed by atoms with E-state index in [9.17, 15) is 0 Å². The van der Waals surface area contributed by atoms with Crippen LogP contribution in [0.1, 0.15) is 39.2 Å². The lowest BCUT2D eigenvalue weighted by Gasteiger charge is -2.32. The Morgan fingerprint density at radius 2 is 2.22 bits per heavy atom. The molecule has 0 radical (unpaired) electrons. The molecule has 1 saturated heterocycles. The fourth-order valence-corrected chi connectivity index (χ4v) is 2.50. The molecule has 0 aliphatic carbocycles. The van der Waals surface area contributed by atoms with Gasteiger partial charge in [-0.05, 0) is 47.2 Å². The Bertz CT molecular complexity index is 377. The zero-order valence-corrected chi connectivity index (χ0v) is 12.1. The Labute approximate surface area is 110 Å². The standard InChI is InChI=1S/C14H26N4/c1-14(2,3)18-10-12(8-16-18)9-17-7-5-6-13(11-17)15-4/h8,10,13,15H,5-7,9,11H2,1-4H3. The summed E-state index contributed by atoms with van der Waals surface area (Å²) in [5.41, 5.74) is 1.40. The van der Waals surface area contributed by atoms with E-state index in [0.717, 1.165) is 13.1 Å². The highest BCUT2D eigenvalue weighted by molar-refractivity contribution is 5.05. The number of hydrogen-bond donors (Lipinski definition) is 1. The summed E-state index contributed by atoms with van der Waals surface area (Å²) < 4.78 is 2.06. The summed E-state index contributed by atoms with van der Waals surface area (Å²) >= 11 is 0. The second-order valence-corrected chi connectivity index (χ2v) is 6.33. The van der Waals surface area contributed by atoms with Crippen LogP contribution in [-0.4, -0.2) is 40.9 Å². The summed E-state index contributed by atoms with van der Waals surface area (Å²) in [4.78, 5) is 2.52. The molecule has 1 aliphatic rings. The summed E-state index contributed by atoms with van der Waals surface area (Å²) in [6.45, 7) is 9.93. The molecule has 18 heavy (non-hydrogen) atoms. The molecule has 0 aromatic carbocycles. The van der Waals surface area contributed by atoms with Gasteiger partial charge in [-0.1, -0.05) is 0 Å². The first kappa shape index (κ1) is 13.6. The van der Waals surface area contributed by atoms with Gasteiger partial charge in [-0.2, -0.15) is 5.10 Å². The Morgan fingerprint density at radius 3 is 2.83 bits per heavy atom. The zero-order chi connectivity index (χ0) is 13.2. The van der Waals surface area contributed by atoms with E-state index in [1.165, 1.54) is 24.9 Å². The van der Waals surface area contributed by atoms with Gasteiger partial charge >= 0.3 is 0 Å². The highest BCUT2D eigenvalue weighted by Gasteiger charge is 2.20. The third-order valence-corrected chi connectivity index (χ3v) is 3.64. The number of hydrogen-bond acceptors (Lipinski definition) is 3. The van der Waals surface area contributed by atoms with Gasteiger partial charge in [0, 0.05) is 30.9 Å². The second kappa shape index (κ2) is 5.41. The van der Waals surface area contributed by atoms with E-state index in [0.29, 0.717) is 6.04 Å². The Balaban J connectivity index is 1.95. The van der Waals surface area contributed by atoms with Crippen LogP contribution in [0, 0.1) is 0 Å². The molecule has 4 nitrogen and oxygen atoms in total. The van der Waals surface area contributed by atoms with Crippen LogP contribution in [0.5, 0.6) is 0 Å². The Morgan fingerprint density at radius 1 is 1.44 bits per heavy atom. The van der Waals surface area contributed by atoms with E-state index in [4.69, 9.17) is 0 Å². The fourth-order valence-electron chi connectivity index (χ4n) is 2.50. The van der Waals surface area contributed by atoms with Crippen LogP contribution in [0.25, 0.3) is 0 Å². The van der Waals surface area contributed by atoms with Gasteiger partial charge in [0.25, 0.3) is 0 Å². The van der Waals surface area contributed by atoms with Crippen molar-refractivity contribution in [2.24, 2.45) is 0 Å². The third-order valence-electron chi connectivity index (χ3n) is 3.64. The lowest BCUT2D eigenvalue weighted by atomic mass is 10.1. The normalized spacial score (nSPS) is 22.3. The van der Waals surface area contributed by atoms with Crippen molar-refractivity contribution in [3.63, 3.8) is 0 Å². The topological polar surface area (TPSA) is 33.1 Å². The van der Waals surface area contributed by atoms with Crippen molar-refractivity contribution in [2.45, 2.75) is 51.7 Å². The SMILES string of the molecule is CNC1CCCN(Cc2cnn(C(C)(C)C)c2)C1. The number of likely N-dealkylation sites (N-methyl/N-ethyl adjacent to an activating group) is 1. The van der Waals surface area contributed by atoms with Gasteiger partial charge in [0.2, 0.25) is 0 Å². The lowest BCUT2D eigenvalue weighted by molar-refractivity contribution is 0.188. The first-order valence-corrected chi connectivity index (χ1v) is 6.92. The molecule has 0 spiro atoms. The molecule has 2 rings (SSSR count). The Hall–Kier alpha value is -0.870. The second-order valence-electron chi connectivity index (χ2n) is 6.33. The molecule has 2 heterocycles. The van der Waals surface area contributed by atoms with Gasteiger partial charge < -0.3 is 5.32 Å². The van der Waals surface area contributed by atoms with Gasteiger partial charge in [0.15, 0.2) is 0 Å². The van der Waals surface area contributed by atoms with E-state index in [-0.39, 0.29) is 5.54 Å². The smallest absolute Gasteiger partial charge is 0.0543 e. The predicted molar refractivity (Wildman–Crippen MR) is 74.6 cm³/mol. The zero-order valence-electron chi connectivity index (χ0n) is 12.1. The molecule has 0 amide bonds. The highest BCUT2D eigenvalue weighted by Crippen LogP contribution is 2.16. The van der Waals surface area contributed by atoms with Crippen LogP contribution in [-0.2, 0) is 12.1 Å². The summed E-state index contributed by atoms with van der Waals surface area (Å²) in [7, 11) is 2.06. The minimum Gasteiger partial charge on any atom is -0.316 e. The molecule has 0 saturated carbocycles. The fraction of sp³-hybridized carbons (Fsp3) is 0.786. The molecular weight excluding hydrogens is 224 g/mol. The van der Waals surface area contributed by atoms with Crippen LogP contribution >= 0.6 is 0 Å². The lowest BCUT2D eigenvalue weighted by Crippen LogP contribution is -2.43. The minimum atomic E-state index is 0.0770. The summed E-state index contributed by atoms with van der Waals surface area (Å²) in [5.74, 6) is 0. The van der Waals surface area contributed by atoms with Gasteiger partial charge in [-0.15, -0.1) is 0 Å². The molecular formula is C14H26N4. The number of nitrogens with zero attached hydrogens (tertiary/aromatic N) is 3. The van der Waals surface area contributed by atoms with Gasteiger partial charge in [0.05, 0.1) is 11.7 Å². The summed E-state index contributed by atoms with van der Waals surface area (Å²) in [6, 6.07) is 0.649. The monoisotopic (exact) mass is 250 g/mol. The van der Waals surface area contributed by atoms with Crippen molar-refractivity contribution < 1.29 is 0 Å². The quantitative estimate of drug-likeness (QED) is 0.888. The van der Waals surface area contributed by atoms with E-state index in [2.05, 4.69) is 54.0 Å². The van der Waals surface area contributed by atoms with E-state index < -0.39 is 0 Å². The molecule has 1 atom stereocenters. The predicted octanol–water partition coefficient (Wildman–Crippen LogP) is 1.82. The van der Waals surface area contributed by atoms with Crippen molar-refractivity contribution in [3.8, 4) is 0 Å². The van der Waals surface area contributed by atoms with Crippen molar-refractivity contribution in [1.29, 1.82) is 0 Å². The molecule has 1 fully saturated rings. The summed E-state index contributed by atoms with van der Waals surface area (Å²) in [6.07, 6.45) is 6.78. The Kier molecular flexibility index (Phi) is 4.07. The number of aromatic nitrogens is 2. The first-order valence-electron chi connectivity index (χ1n) is 6.92. The molecule has 4 heteroatoms. The van der Waals surface area contributed by atoms with Crippen LogP contribution in [0.4, 0.5) is 0 Å². The molecule has 1 aromatic rings. The number of nitrogens with one attached hydrogen (secondary N) is 1. The van der Waals surface area contributed by atoms with Gasteiger partial charge in [0.1, 0.15) is 0 Å². The van der Waals surface area contributed by atoms with Crippen LogP contribution in [0.15, 0.2) is 12.4 Å². The largest absolute Gasteiger partial charge is 0.316 e. The highest BCUT2D eigenvalue weighted by atomic mass is 15.3. The first-order chi connectivity index (χ1) is 8.49. The molecule has 102 valence electrons. The molecule has 1 unspecified atom stereocenters. The van der Waals surface area contributed by atoms with Crippen LogP contribution < -0.4 is 5.32 Å². The molecule has 1 aromatic heterocycles. The maximum atomic E-state index is 4.47. The third kappa shape index (κ3) is 3.33. The number of likely N-dealkylation sites (tertiary alicyclic amines) is 1. The van der Waals surface area contributed by atoms with Gasteiger partial charge in [-0.25, -0.2) is 0 Å². The molecule has 0 bridgehead atoms. The van der Waals surface area contributed by atoms with E-state index >= 15 is 0 Å². The number of piperidine rings is 1. The van der Waals surface area contributed by atoms with E-state index in [1.807, 2.05) is 6.20 Å². The average molecular weight is 250 g/mol. The maximum Gasteiger partial charge on any atom is 0.0543 e. The van der Waals surface area contributed by atoms with Crippen molar-refractivity contribution >= 4 is 0 Å². The minimum absolute atomic E-state index is 0.0770. The van der Waals surface area contributed by atoms with Crippen molar-refractivity contribution in [3.05, 3.63) is 18.0 Å². The maximum absolute atomic E-state index is 4.47. The number of rotatable bonds is 3. The van der Waals surface area contributed by atoms with Crippen molar-refractivity contribution in [1.82, 2.24) is 20.0 Å². The summed E-state index contributed by atoms with van der Waals surface area (Å²) in [5, 5.41) is 7.85. The van der Waals surface area contributed by atoms with E-state index in [1.54, 1.807) is 0 Å². The molecule has 1 aliphatic heterocycles. The molecule has 1 N–H and O–H groups in total. The van der Waals surface area contributed by atoms with Crippen LogP contribution in [0.3, 0.4) is 0 Å². The van der Waals surface area contributed by atoms with Crippen LogP contribution in [0.2, 0.25) is 0 Å². The average Bonchev–Trinajstić information content (AvgIpc) is 2.77.